The minimum Gasteiger partial charge on any atom is -0.393 e. The molecule has 0 radical (unpaired) electrons. The van der Waals surface area contributed by atoms with Crippen LogP contribution in [0.3, 0.4) is 0 Å². The number of fused-ring (bicyclic) bond motifs is 4. The van der Waals surface area contributed by atoms with Gasteiger partial charge in [0.1, 0.15) is 0 Å². The summed E-state index contributed by atoms with van der Waals surface area (Å²) in [7, 11) is 0. The first-order valence-electron chi connectivity index (χ1n) is 10.7. The Morgan fingerprint density at radius 1 is 0.679 bits per heavy atom. The van der Waals surface area contributed by atoms with Gasteiger partial charge in [0.2, 0.25) is 11.8 Å². The topological polar surface area (TPSA) is 98.7 Å². The van der Waals surface area contributed by atoms with E-state index in [0.717, 1.165) is 25.7 Å². The van der Waals surface area contributed by atoms with Gasteiger partial charge in [0.25, 0.3) is 0 Å². The van der Waals surface area contributed by atoms with Crippen molar-refractivity contribution in [3.05, 3.63) is 0 Å². The van der Waals surface area contributed by atoms with Crippen molar-refractivity contribution in [1.82, 2.24) is 10.9 Å². The second kappa shape index (κ2) is 5.31. The number of hydrogen-bond acceptors (Lipinski definition) is 4. The first kappa shape index (κ1) is 20.1. The molecule has 4 bridgehead atoms. The number of amides is 2. The Labute approximate surface area is 167 Å². The van der Waals surface area contributed by atoms with Gasteiger partial charge in [0.05, 0.1) is 23.0 Å². The molecule has 6 heteroatoms. The lowest BCUT2D eigenvalue weighted by Gasteiger charge is -2.41. The lowest BCUT2D eigenvalue weighted by Crippen LogP contribution is -2.56. The second-order valence-electron chi connectivity index (χ2n) is 11.6. The van der Waals surface area contributed by atoms with Crippen LogP contribution in [0, 0.1) is 32.5 Å². The molecular weight excluding hydrogens is 356 g/mol. The largest absolute Gasteiger partial charge is 0.393 e. The Bertz CT molecular complexity index is 687. The van der Waals surface area contributed by atoms with Gasteiger partial charge in [-0.25, -0.2) is 0 Å². The van der Waals surface area contributed by atoms with Crippen LogP contribution in [0.1, 0.15) is 80.1 Å². The molecule has 6 atom stereocenters. The number of carbonyl (C=O) groups is 2. The molecule has 0 aromatic rings. The van der Waals surface area contributed by atoms with Gasteiger partial charge in [-0.3, -0.25) is 20.4 Å². The molecular formula is C22H36N2O4. The van der Waals surface area contributed by atoms with E-state index >= 15 is 0 Å². The van der Waals surface area contributed by atoms with E-state index in [1.807, 2.05) is 0 Å². The third-order valence-electron chi connectivity index (χ3n) is 11.1. The van der Waals surface area contributed by atoms with Gasteiger partial charge in [-0.15, -0.1) is 0 Å². The van der Waals surface area contributed by atoms with Crippen molar-refractivity contribution < 1.29 is 19.8 Å². The van der Waals surface area contributed by atoms with Crippen molar-refractivity contribution in [2.45, 2.75) is 92.3 Å². The maximum Gasteiger partial charge on any atom is 0.245 e. The average Bonchev–Trinajstić information content (AvgIpc) is 3.07. The molecule has 4 rings (SSSR count). The van der Waals surface area contributed by atoms with Crippen LogP contribution in [0.2, 0.25) is 0 Å². The summed E-state index contributed by atoms with van der Waals surface area (Å²) in [5.41, 5.74) is 2.87. The molecule has 28 heavy (non-hydrogen) atoms. The first-order valence-corrected chi connectivity index (χ1v) is 10.7. The van der Waals surface area contributed by atoms with Gasteiger partial charge in [-0.05, 0) is 60.2 Å². The van der Waals surface area contributed by atoms with Gasteiger partial charge in [0.15, 0.2) is 0 Å². The van der Waals surface area contributed by atoms with Crippen molar-refractivity contribution in [2.75, 3.05) is 0 Å². The van der Waals surface area contributed by atoms with E-state index in [2.05, 4.69) is 52.4 Å². The number of rotatable bonds is 2. The number of nitrogens with one attached hydrogen (secondary N) is 2. The molecule has 4 aliphatic carbocycles. The molecule has 158 valence electrons. The van der Waals surface area contributed by atoms with Crippen LogP contribution < -0.4 is 10.9 Å². The van der Waals surface area contributed by atoms with Crippen molar-refractivity contribution in [1.29, 1.82) is 0 Å². The standard InChI is InChI=1S/C22H36N2O4/c1-17(2)19(5)7-9-21(17,11-13(19)25)15(27)23-24-16(28)22-10-8-20(6,14(26)12-22)18(22,3)4/h13-14,25-26H,7-12H2,1-6H3,(H,23,27)(H,24,28)/t13-,14-,19-,20+,21-,22+/m1/s1. The highest BCUT2D eigenvalue weighted by molar-refractivity contribution is 5.90. The zero-order valence-corrected chi connectivity index (χ0v) is 18.1. The van der Waals surface area contributed by atoms with Crippen LogP contribution in [-0.4, -0.2) is 34.2 Å². The molecule has 4 N–H and O–H groups in total. The van der Waals surface area contributed by atoms with Crippen molar-refractivity contribution in [2.24, 2.45) is 32.5 Å². The Hall–Kier alpha value is -1.14. The highest BCUT2D eigenvalue weighted by Crippen LogP contribution is 2.73. The number of aliphatic hydroxyl groups excluding tert-OH is 2. The van der Waals surface area contributed by atoms with Crippen LogP contribution in [0.5, 0.6) is 0 Å². The summed E-state index contributed by atoms with van der Waals surface area (Å²) in [5.74, 6) is -0.390. The summed E-state index contributed by atoms with van der Waals surface area (Å²) in [6.07, 6.45) is 2.93. The van der Waals surface area contributed by atoms with Gasteiger partial charge >= 0.3 is 0 Å². The molecule has 0 spiro atoms. The molecule has 2 amide bonds. The van der Waals surface area contributed by atoms with Gasteiger partial charge in [-0.2, -0.15) is 0 Å². The highest BCUT2D eigenvalue weighted by Gasteiger charge is 2.73. The molecule has 0 saturated heterocycles. The summed E-state index contributed by atoms with van der Waals surface area (Å²) >= 11 is 0. The van der Waals surface area contributed by atoms with E-state index in [9.17, 15) is 19.8 Å². The fourth-order valence-electron chi connectivity index (χ4n) is 7.61. The molecule has 0 heterocycles. The lowest BCUT2D eigenvalue weighted by molar-refractivity contribution is -0.145. The molecule has 0 aromatic heterocycles. The highest BCUT2D eigenvalue weighted by atomic mass is 16.3. The van der Waals surface area contributed by atoms with Crippen molar-refractivity contribution >= 4 is 11.8 Å². The minimum atomic E-state index is -0.666. The number of hydrogen-bond donors (Lipinski definition) is 4. The molecule has 0 aliphatic heterocycles. The van der Waals surface area contributed by atoms with E-state index < -0.39 is 23.0 Å². The van der Waals surface area contributed by atoms with E-state index in [1.165, 1.54) is 0 Å². The number of hydrazine groups is 1. The van der Waals surface area contributed by atoms with Crippen LogP contribution in [0.25, 0.3) is 0 Å². The Morgan fingerprint density at radius 2 is 1.00 bits per heavy atom. The molecule has 4 fully saturated rings. The maximum absolute atomic E-state index is 13.3. The second-order valence-corrected chi connectivity index (χ2v) is 11.6. The van der Waals surface area contributed by atoms with Gasteiger partial charge < -0.3 is 10.2 Å². The number of carbonyl (C=O) groups excluding carboxylic acids is 2. The summed E-state index contributed by atoms with van der Waals surface area (Å²) in [4.78, 5) is 26.5. The zero-order chi connectivity index (χ0) is 21.0. The van der Waals surface area contributed by atoms with Crippen LogP contribution in [0.4, 0.5) is 0 Å². The SMILES string of the molecule is CC1(C)[C@@]2(C(=O)NNC(=O)[C@@]34CC[C@](C)([C@H](O)C3)C4(C)C)CC[C@@]1(C)[C@H](O)C2. The smallest absolute Gasteiger partial charge is 0.245 e. The summed E-state index contributed by atoms with van der Waals surface area (Å²) < 4.78 is 0. The fourth-order valence-corrected chi connectivity index (χ4v) is 7.61. The summed E-state index contributed by atoms with van der Waals surface area (Å²) in [6.45, 7) is 12.4. The maximum atomic E-state index is 13.3. The summed E-state index contributed by atoms with van der Waals surface area (Å²) in [5, 5.41) is 21.2. The van der Waals surface area contributed by atoms with E-state index in [4.69, 9.17) is 0 Å². The fraction of sp³-hybridized carbons (Fsp3) is 0.909. The zero-order valence-electron chi connectivity index (χ0n) is 18.1. The quantitative estimate of drug-likeness (QED) is 0.542. The molecule has 0 aromatic carbocycles. The molecule has 0 unspecified atom stereocenters. The van der Waals surface area contributed by atoms with E-state index in [1.54, 1.807) is 0 Å². The van der Waals surface area contributed by atoms with Crippen LogP contribution in [-0.2, 0) is 9.59 Å². The lowest BCUT2D eigenvalue weighted by atomic mass is 9.64. The normalized spacial score (nSPS) is 50.0. The van der Waals surface area contributed by atoms with Crippen LogP contribution >= 0.6 is 0 Å². The molecule has 4 aliphatic rings. The predicted octanol–water partition coefficient (Wildman–Crippen LogP) is 2.29. The van der Waals surface area contributed by atoms with E-state index in [0.29, 0.717) is 12.8 Å². The number of aliphatic hydroxyl groups is 2. The van der Waals surface area contributed by atoms with Crippen molar-refractivity contribution in [3.63, 3.8) is 0 Å². The summed E-state index contributed by atoms with van der Waals surface area (Å²) in [6, 6.07) is 0. The Balaban J connectivity index is 1.52. The Morgan fingerprint density at radius 3 is 1.21 bits per heavy atom. The third-order valence-corrected chi connectivity index (χ3v) is 11.1. The molecule has 6 nitrogen and oxygen atoms in total. The van der Waals surface area contributed by atoms with Crippen LogP contribution in [0.15, 0.2) is 0 Å². The predicted molar refractivity (Wildman–Crippen MR) is 105 cm³/mol. The first-order chi connectivity index (χ1) is 12.7. The van der Waals surface area contributed by atoms with Gasteiger partial charge in [0, 0.05) is 0 Å². The molecule has 4 saturated carbocycles. The minimum absolute atomic E-state index is 0.195. The van der Waals surface area contributed by atoms with E-state index in [-0.39, 0.29) is 33.5 Å². The third kappa shape index (κ3) is 1.83. The Kier molecular flexibility index (Phi) is 3.82. The van der Waals surface area contributed by atoms with Crippen molar-refractivity contribution in [3.8, 4) is 0 Å². The monoisotopic (exact) mass is 392 g/mol. The van der Waals surface area contributed by atoms with Gasteiger partial charge in [-0.1, -0.05) is 41.5 Å². The average molecular weight is 393 g/mol.